The molecule has 0 saturated heterocycles. The first-order valence-corrected chi connectivity index (χ1v) is 4.22. The maximum atomic E-state index is 11.4. The number of anilines is 1. The summed E-state index contributed by atoms with van der Waals surface area (Å²) in [6.45, 7) is 0. The number of fused-ring (bicyclic) bond motifs is 1. The number of nitrogens with one attached hydrogen (secondary N) is 1. The number of nitrogens with zero attached hydrogens (tertiary/aromatic N) is 2. The summed E-state index contributed by atoms with van der Waals surface area (Å²) in [5.74, 6) is -0.778. The Morgan fingerprint density at radius 3 is 3.20 bits per heavy atom. The van der Waals surface area contributed by atoms with Crippen molar-refractivity contribution in [2.45, 2.75) is 12.5 Å². The molecule has 2 amide bonds. The van der Waals surface area contributed by atoms with Gasteiger partial charge < -0.3 is 15.8 Å². The average molecular weight is 208 g/mol. The maximum Gasteiger partial charge on any atom is 0.266 e. The molecule has 2 heterocycles. The van der Waals surface area contributed by atoms with Crippen LogP contribution in [0.5, 0.6) is 5.88 Å². The molecule has 2 rings (SSSR count). The van der Waals surface area contributed by atoms with Gasteiger partial charge in [0.05, 0.1) is 12.6 Å². The maximum absolute atomic E-state index is 11.4. The lowest BCUT2D eigenvalue weighted by molar-refractivity contribution is -0.129. The van der Waals surface area contributed by atoms with E-state index in [4.69, 9.17) is 10.5 Å². The van der Waals surface area contributed by atoms with Crippen molar-refractivity contribution in [1.82, 2.24) is 9.97 Å². The predicted octanol–water partition coefficient (Wildman–Crippen LogP) is -0.949. The Balaban J connectivity index is 2.22. The molecule has 0 radical (unpaired) electrons. The van der Waals surface area contributed by atoms with E-state index in [9.17, 15) is 9.59 Å². The van der Waals surface area contributed by atoms with Crippen LogP contribution in [-0.2, 0) is 9.59 Å². The highest BCUT2D eigenvalue weighted by Crippen LogP contribution is 2.25. The quantitative estimate of drug-likeness (QED) is 0.651. The molecule has 0 aliphatic carbocycles. The van der Waals surface area contributed by atoms with E-state index >= 15 is 0 Å². The summed E-state index contributed by atoms with van der Waals surface area (Å²) in [4.78, 5) is 29.6. The van der Waals surface area contributed by atoms with E-state index in [1.807, 2.05) is 0 Å². The normalized spacial score (nSPS) is 18.7. The van der Waals surface area contributed by atoms with Gasteiger partial charge in [0.25, 0.3) is 5.91 Å². The second kappa shape index (κ2) is 3.52. The largest absolute Gasteiger partial charge is 0.462 e. The molecule has 1 aromatic rings. The third-order valence-electron chi connectivity index (χ3n) is 1.87. The van der Waals surface area contributed by atoms with Crippen LogP contribution in [0, 0.1) is 0 Å². The van der Waals surface area contributed by atoms with E-state index in [0.29, 0.717) is 5.69 Å². The van der Waals surface area contributed by atoms with E-state index in [0.717, 1.165) is 0 Å². The standard InChI is InChI=1S/C8H8N4O3/c9-6(13)1-5-7(14)12-4-2-10-3-11-8(4)15-5/h2-3,5H,1H2,(H2,9,13)(H,12,14). The lowest BCUT2D eigenvalue weighted by Crippen LogP contribution is -2.40. The fourth-order valence-corrected chi connectivity index (χ4v) is 1.22. The number of aromatic nitrogens is 2. The van der Waals surface area contributed by atoms with Crippen LogP contribution in [0.25, 0.3) is 0 Å². The Morgan fingerprint density at radius 2 is 2.47 bits per heavy atom. The number of carbonyl (C=O) groups excluding carboxylic acids is 2. The van der Waals surface area contributed by atoms with Gasteiger partial charge in [0.2, 0.25) is 11.8 Å². The molecule has 1 aliphatic heterocycles. The summed E-state index contributed by atoms with van der Waals surface area (Å²) in [6, 6.07) is 0. The molecule has 0 aromatic carbocycles. The molecular formula is C8H8N4O3. The molecule has 0 spiro atoms. The first-order valence-electron chi connectivity index (χ1n) is 4.22. The topological polar surface area (TPSA) is 107 Å². The molecule has 78 valence electrons. The fraction of sp³-hybridized carbons (Fsp3) is 0.250. The number of nitrogens with two attached hydrogens (primary N) is 1. The van der Waals surface area contributed by atoms with Crippen molar-refractivity contribution >= 4 is 17.5 Å². The zero-order chi connectivity index (χ0) is 10.8. The Morgan fingerprint density at radius 1 is 1.67 bits per heavy atom. The summed E-state index contributed by atoms with van der Waals surface area (Å²) in [5, 5.41) is 2.52. The van der Waals surface area contributed by atoms with E-state index in [1.165, 1.54) is 12.5 Å². The summed E-state index contributed by atoms with van der Waals surface area (Å²) in [7, 11) is 0. The van der Waals surface area contributed by atoms with Crippen molar-refractivity contribution in [1.29, 1.82) is 0 Å². The van der Waals surface area contributed by atoms with E-state index in [-0.39, 0.29) is 12.3 Å². The van der Waals surface area contributed by atoms with Crippen molar-refractivity contribution in [2.24, 2.45) is 5.73 Å². The molecule has 1 aliphatic rings. The minimum atomic E-state index is -0.912. The van der Waals surface area contributed by atoms with Crippen LogP contribution in [-0.4, -0.2) is 27.9 Å². The molecule has 1 aromatic heterocycles. The number of primary amides is 1. The third kappa shape index (κ3) is 1.85. The Kier molecular flexibility index (Phi) is 2.20. The van der Waals surface area contributed by atoms with Gasteiger partial charge in [0.1, 0.15) is 12.0 Å². The predicted molar refractivity (Wildman–Crippen MR) is 48.9 cm³/mol. The molecule has 0 bridgehead atoms. The SMILES string of the molecule is NC(=O)CC1Oc2ncncc2NC1=O. The van der Waals surface area contributed by atoms with E-state index < -0.39 is 17.9 Å². The van der Waals surface area contributed by atoms with Crippen LogP contribution in [0.4, 0.5) is 5.69 Å². The van der Waals surface area contributed by atoms with Crippen LogP contribution in [0.2, 0.25) is 0 Å². The fourth-order valence-electron chi connectivity index (χ4n) is 1.22. The molecule has 0 fully saturated rings. The summed E-state index contributed by atoms with van der Waals surface area (Å²) < 4.78 is 5.19. The Labute approximate surface area is 84.7 Å². The number of hydrogen-bond donors (Lipinski definition) is 2. The molecule has 1 unspecified atom stereocenters. The second-order valence-corrected chi connectivity index (χ2v) is 3.01. The summed E-state index contributed by atoms with van der Waals surface area (Å²) >= 11 is 0. The molecule has 7 heteroatoms. The molecule has 3 N–H and O–H groups in total. The number of carbonyl (C=O) groups is 2. The van der Waals surface area contributed by atoms with Gasteiger partial charge in [-0.3, -0.25) is 9.59 Å². The van der Waals surface area contributed by atoms with Gasteiger partial charge >= 0.3 is 0 Å². The van der Waals surface area contributed by atoms with Gasteiger partial charge in [-0.1, -0.05) is 0 Å². The second-order valence-electron chi connectivity index (χ2n) is 3.01. The van der Waals surface area contributed by atoms with Crippen molar-refractivity contribution < 1.29 is 14.3 Å². The highest BCUT2D eigenvalue weighted by atomic mass is 16.5. The van der Waals surface area contributed by atoms with Gasteiger partial charge in [-0.2, -0.15) is 4.98 Å². The smallest absolute Gasteiger partial charge is 0.266 e. The van der Waals surface area contributed by atoms with Crippen LogP contribution >= 0.6 is 0 Å². The zero-order valence-electron chi connectivity index (χ0n) is 7.64. The first kappa shape index (κ1) is 9.38. The van der Waals surface area contributed by atoms with Gasteiger partial charge in [-0.15, -0.1) is 0 Å². The third-order valence-corrected chi connectivity index (χ3v) is 1.87. The molecule has 15 heavy (non-hydrogen) atoms. The van der Waals surface area contributed by atoms with Gasteiger partial charge in [-0.25, -0.2) is 4.98 Å². The minimum absolute atomic E-state index is 0.171. The van der Waals surface area contributed by atoms with Gasteiger partial charge in [0.15, 0.2) is 6.10 Å². The van der Waals surface area contributed by atoms with E-state index in [2.05, 4.69) is 15.3 Å². The lowest BCUT2D eigenvalue weighted by atomic mass is 10.2. The lowest BCUT2D eigenvalue weighted by Gasteiger charge is -2.23. The number of ether oxygens (including phenoxy) is 1. The van der Waals surface area contributed by atoms with Crippen molar-refractivity contribution in [3.8, 4) is 5.88 Å². The Bertz CT molecular complexity index is 420. The van der Waals surface area contributed by atoms with Gasteiger partial charge in [-0.05, 0) is 0 Å². The van der Waals surface area contributed by atoms with Crippen LogP contribution in [0.1, 0.15) is 6.42 Å². The molecule has 7 nitrogen and oxygen atoms in total. The summed E-state index contributed by atoms with van der Waals surface area (Å²) in [5.41, 5.74) is 5.37. The van der Waals surface area contributed by atoms with Crippen LogP contribution in [0.15, 0.2) is 12.5 Å². The molecule has 1 atom stereocenters. The van der Waals surface area contributed by atoms with Crippen LogP contribution in [0.3, 0.4) is 0 Å². The molecular weight excluding hydrogens is 200 g/mol. The monoisotopic (exact) mass is 208 g/mol. The van der Waals surface area contributed by atoms with Crippen molar-refractivity contribution in [2.75, 3.05) is 5.32 Å². The number of hydrogen-bond acceptors (Lipinski definition) is 5. The zero-order valence-corrected chi connectivity index (χ0v) is 7.64. The minimum Gasteiger partial charge on any atom is -0.462 e. The number of amides is 2. The van der Waals surface area contributed by atoms with Crippen LogP contribution < -0.4 is 15.8 Å². The molecule has 0 saturated carbocycles. The first-order chi connectivity index (χ1) is 7.16. The Hall–Kier alpha value is -2.18. The number of rotatable bonds is 2. The summed E-state index contributed by atoms with van der Waals surface area (Å²) in [6.07, 6.45) is 1.62. The van der Waals surface area contributed by atoms with E-state index in [1.54, 1.807) is 0 Å². The highest BCUT2D eigenvalue weighted by molar-refractivity contribution is 5.99. The van der Waals surface area contributed by atoms with Crippen molar-refractivity contribution in [3.05, 3.63) is 12.5 Å². The van der Waals surface area contributed by atoms with Crippen molar-refractivity contribution in [3.63, 3.8) is 0 Å². The highest BCUT2D eigenvalue weighted by Gasteiger charge is 2.29. The average Bonchev–Trinajstić information content (AvgIpc) is 2.18. The van der Waals surface area contributed by atoms with Gasteiger partial charge in [0, 0.05) is 0 Å².